The summed E-state index contributed by atoms with van der Waals surface area (Å²) in [7, 11) is -4.29. The van der Waals surface area contributed by atoms with Gasteiger partial charge < -0.3 is 15.4 Å². The summed E-state index contributed by atoms with van der Waals surface area (Å²) in [6, 6.07) is 2.91. The van der Waals surface area contributed by atoms with Gasteiger partial charge in [-0.25, -0.2) is 13.2 Å². The van der Waals surface area contributed by atoms with Crippen LogP contribution in [0, 0.1) is 0 Å². The number of nitrogens with two attached hydrogens (primary N) is 1. The molecule has 0 aliphatic carbocycles. The third-order valence-electron chi connectivity index (χ3n) is 2.79. The highest BCUT2D eigenvalue weighted by molar-refractivity contribution is 7.92. The van der Waals surface area contributed by atoms with Crippen LogP contribution in [0.3, 0.4) is 0 Å². The Morgan fingerprint density at radius 1 is 1.25 bits per heavy atom. The zero-order chi connectivity index (χ0) is 18.9. The molecule has 1 amide bonds. The van der Waals surface area contributed by atoms with Crippen LogP contribution in [0.4, 0.5) is 23.7 Å². The predicted octanol–water partition coefficient (Wildman–Crippen LogP) is 2.93. The fourth-order valence-corrected chi connectivity index (χ4v) is 2.73. The molecule has 0 bridgehead atoms. The summed E-state index contributed by atoms with van der Waals surface area (Å²) >= 11 is 0. The molecule has 2 N–H and O–H groups in total. The van der Waals surface area contributed by atoms with E-state index in [0.717, 1.165) is 23.1 Å². The molecular formula is C14H19F3N2O4S. The standard InChI is InChI=1S/C14H19F3N2O4S/c1-13(2,3)23-12(20)19(4)8-9-7-10(18)5-6-11(9)24(21,22)14(15,16)17/h5-7H,8,18H2,1-4H3. The topological polar surface area (TPSA) is 89.7 Å². The van der Waals surface area contributed by atoms with Crippen LogP contribution in [0.25, 0.3) is 0 Å². The molecule has 1 rings (SSSR count). The van der Waals surface area contributed by atoms with Crippen molar-refractivity contribution >= 4 is 21.6 Å². The van der Waals surface area contributed by atoms with E-state index in [1.807, 2.05) is 0 Å². The normalized spacial score (nSPS) is 12.8. The van der Waals surface area contributed by atoms with Crippen LogP contribution in [0.2, 0.25) is 0 Å². The Bertz CT molecular complexity index is 725. The fourth-order valence-electron chi connectivity index (χ4n) is 1.77. The number of carbonyl (C=O) groups is 1. The lowest BCUT2D eigenvalue weighted by Crippen LogP contribution is -2.34. The number of rotatable bonds is 3. The Labute approximate surface area is 138 Å². The highest BCUT2D eigenvalue weighted by atomic mass is 32.2. The predicted molar refractivity (Wildman–Crippen MR) is 81.8 cm³/mol. The molecule has 1 aromatic rings. The van der Waals surface area contributed by atoms with Gasteiger partial charge in [-0.3, -0.25) is 0 Å². The van der Waals surface area contributed by atoms with Crippen molar-refractivity contribution in [1.29, 1.82) is 0 Å². The highest BCUT2D eigenvalue weighted by Gasteiger charge is 2.48. The van der Waals surface area contributed by atoms with Gasteiger partial charge in [-0.2, -0.15) is 13.2 Å². The number of hydrogen-bond donors (Lipinski definition) is 1. The van der Waals surface area contributed by atoms with Crippen molar-refractivity contribution < 1.29 is 31.1 Å². The first-order chi connectivity index (χ1) is 10.6. The molecule has 24 heavy (non-hydrogen) atoms. The number of nitrogen functional groups attached to an aromatic ring is 1. The molecule has 6 nitrogen and oxygen atoms in total. The molecule has 0 unspecified atom stereocenters. The molecule has 0 radical (unpaired) electrons. The second-order valence-corrected chi connectivity index (χ2v) is 8.06. The van der Waals surface area contributed by atoms with E-state index >= 15 is 0 Å². The van der Waals surface area contributed by atoms with Crippen LogP contribution in [-0.4, -0.2) is 37.6 Å². The van der Waals surface area contributed by atoms with Gasteiger partial charge in [-0.1, -0.05) is 0 Å². The number of halogens is 3. The second-order valence-electron chi connectivity index (χ2n) is 6.15. The van der Waals surface area contributed by atoms with Crippen LogP contribution in [0.15, 0.2) is 23.1 Å². The van der Waals surface area contributed by atoms with Crippen LogP contribution < -0.4 is 5.73 Å². The minimum absolute atomic E-state index is 0.0729. The number of anilines is 1. The van der Waals surface area contributed by atoms with E-state index in [1.165, 1.54) is 7.05 Å². The first-order valence-electron chi connectivity index (χ1n) is 6.79. The Morgan fingerprint density at radius 2 is 1.79 bits per heavy atom. The number of sulfone groups is 1. The Balaban J connectivity index is 3.22. The zero-order valence-electron chi connectivity index (χ0n) is 13.6. The number of nitrogens with zero attached hydrogens (tertiary/aromatic N) is 1. The van der Waals surface area contributed by atoms with Crippen LogP contribution in [-0.2, 0) is 21.1 Å². The van der Waals surface area contributed by atoms with Gasteiger partial charge in [0.05, 0.1) is 11.4 Å². The molecule has 0 heterocycles. The number of amides is 1. The smallest absolute Gasteiger partial charge is 0.444 e. The lowest BCUT2D eigenvalue weighted by molar-refractivity contribution is -0.0436. The van der Waals surface area contributed by atoms with E-state index in [2.05, 4.69) is 0 Å². The molecule has 1 aromatic carbocycles. The molecule has 0 fully saturated rings. The number of benzene rings is 1. The minimum Gasteiger partial charge on any atom is -0.444 e. The lowest BCUT2D eigenvalue weighted by atomic mass is 10.2. The maximum atomic E-state index is 12.8. The highest BCUT2D eigenvalue weighted by Crippen LogP contribution is 2.33. The molecule has 0 saturated carbocycles. The van der Waals surface area contributed by atoms with Crippen molar-refractivity contribution in [2.24, 2.45) is 0 Å². The van der Waals surface area contributed by atoms with E-state index in [-0.39, 0.29) is 11.3 Å². The molecule has 0 aromatic heterocycles. The lowest BCUT2D eigenvalue weighted by Gasteiger charge is -2.25. The summed E-state index contributed by atoms with van der Waals surface area (Å²) in [6.45, 7) is 4.46. The molecule has 0 saturated heterocycles. The average molecular weight is 368 g/mol. The van der Waals surface area contributed by atoms with Gasteiger partial charge in [0.2, 0.25) is 0 Å². The number of carbonyl (C=O) groups excluding carboxylic acids is 1. The molecule has 0 aliphatic heterocycles. The first kappa shape index (κ1) is 20.1. The molecule has 0 atom stereocenters. The van der Waals surface area contributed by atoms with Crippen LogP contribution in [0.1, 0.15) is 26.3 Å². The van der Waals surface area contributed by atoms with Crippen LogP contribution >= 0.6 is 0 Å². The summed E-state index contributed by atoms with van der Waals surface area (Å²) in [5.74, 6) is 0. The monoisotopic (exact) mass is 368 g/mol. The summed E-state index contributed by atoms with van der Waals surface area (Å²) < 4.78 is 66.8. The van der Waals surface area contributed by atoms with E-state index < -0.39 is 38.5 Å². The van der Waals surface area contributed by atoms with Crippen molar-refractivity contribution in [3.63, 3.8) is 0 Å². The Kier molecular flexibility index (Phi) is 5.44. The maximum Gasteiger partial charge on any atom is 0.501 e. The van der Waals surface area contributed by atoms with Crippen molar-refractivity contribution in [3.8, 4) is 0 Å². The summed E-state index contributed by atoms with van der Waals surface area (Å²) in [6.07, 6.45) is -0.805. The van der Waals surface area contributed by atoms with Crippen LogP contribution in [0.5, 0.6) is 0 Å². The summed E-state index contributed by atoms with van der Waals surface area (Å²) in [5, 5.41) is 0. The van der Waals surface area contributed by atoms with Gasteiger partial charge in [-0.15, -0.1) is 0 Å². The number of hydrogen-bond acceptors (Lipinski definition) is 5. The van der Waals surface area contributed by atoms with Gasteiger partial charge in [-0.05, 0) is 44.5 Å². The molecular weight excluding hydrogens is 349 g/mol. The van der Waals surface area contributed by atoms with E-state index in [1.54, 1.807) is 20.8 Å². The Morgan fingerprint density at radius 3 is 2.25 bits per heavy atom. The van der Waals surface area contributed by atoms with Crippen molar-refractivity contribution in [3.05, 3.63) is 23.8 Å². The SMILES string of the molecule is CN(Cc1cc(N)ccc1S(=O)(=O)C(F)(F)F)C(=O)OC(C)(C)C. The largest absolute Gasteiger partial charge is 0.501 e. The van der Waals surface area contributed by atoms with E-state index in [4.69, 9.17) is 10.5 Å². The minimum atomic E-state index is -5.56. The first-order valence-corrected chi connectivity index (χ1v) is 8.27. The van der Waals surface area contributed by atoms with Gasteiger partial charge in [0.25, 0.3) is 9.84 Å². The van der Waals surface area contributed by atoms with E-state index in [9.17, 15) is 26.4 Å². The molecule has 136 valence electrons. The fraction of sp³-hybridized carbons (Fsp3) is 0.500. The number of ether oxygens (including phenoxy) is 1. The molecule has 10 heteroatoms. The summed E-state index contributed by atoms with van der Waals surface area (Å²) in [4.78, 5) is 11.9. The Hall–Kier alpha value is -1.97. The third-order valence-corrected chi connectivity index (χ3v) is 4.38. The van der Waals surface area contributed by atoms with Crippen molar-refractivity contribution in [1.82, 2.24) is 4.90 Å². The summed E-state index contributed by atoms with van der Waals surface area (Å²) in [5.41, 5.74) is -0.913. The maximum absolute atomic E-state index is 12.8. The third kappa shape index (κ3) is 4.76. The van der Waals surface area contributed by atoms with Gasteiger partial charge >= 0.3 is 11.6 Å². The quantitative estimate of drug-likeness (QED) is 0.829. The number of alkyl halides is 3. The van der Waals surface area contributed by atoms with Gasteiger partial charge in [0.15, 0.2) is 0 Å². The zero-order valence-corrected chi connectivity index (χ0v) is 14.5. The van der Waals surface area contributed by atoms with E-state index in [0.29, 0.717) is 0 Å². The van der Waals surface area contributed by atoms with Gasteiger partial charge in [0, 0.05) is 12.7 Å². The average Bonchev–Trinajstić information content (AvgIpc) is 2.34. The molecule has 0 spiro atoms. The van der Waals surface area contributed by atoms with Crippen molar-refractivity contribution in [2.45, 2.75) is 43.3 Å². The van der Waals surface area contributed by atoms with Gasteiger partial charge in [0.1, 0.15) is 5.60 Å². The molecule has 0 aliphatic rings. The van der Waals surface area contributed by atoms with Crippen molar-refractivity contribution in [2.75, 3.05) is 12.8 Å². The second kappa shape index (κ2) is 6.50.